The van der Waals surface area contributed by atoms with Crippen molar-refractivity contribution in [2.24, 2.45) is 0 Å². The zero-order valence-electron chi connectivity index (χ0n) is 10.4. The molecule has 0 aromatic carbocycles. The van der Waals surface area contributed by atoms with Crippen LogP contribution in [0.2, 0.25) is 0 Å². The first-order valence-corrected chi connectivity index (χ1v) is 7.10. The molecule has 7 heteroatoms. The van der Waals surface area contributed by atoms with Gasteiger partial charge in [0.1, 0.15) is 6.61 Å². The monoisotopic (exact) mass is 333 g/mol. The van der Waals surface area contributed by atoms with Gasteiger partial charge in [0.05, 0.1) is 12.7 Å². The standard InChI is InChI=1S/C11H19BrF3NO2/c1-9-7-18-10(5-12)6-16(9)3-2-4-17-8-11(13,14)15/h9-10H,2-8H2,1H3. The van der Waals surface area contributed by atoms with Crippen molar-refractivity contribution < 1.29 is 22.6 Å². The van der Waals surface area contributed by atoms with Gasteiger partial charge in [-0.05, 0) is 13.3 Å². The van der Waals surface area contributed by atoms with Gasteiger partial charge in [0.15, 0.2) is 0 Å². The zero-order chi connectivity index (χ0) is 13.6. The van der Waals surface area contributed by atoms with Gasteiger partial charge in [-0.2, -0.15) is 13.2 Å². The summed E-state index contributed by atoms with van der Waals surface area (Å²) in [7, 11) is 0. The Balaban J connectivity index is 2.13. The highest BCUT2D eigenvalue weighted by Crippen LogP contribution is 2.15. The Morgan fingerprint density at radius 3 is 2.78 bits per heavy atom. The number of ether oxygens (including phenoxy) is 2. The molecule has 18 heavy (non-hydrogen) atoms. The summed E-state index contributed by atoms with van der Waals surface area (Å²) in [5, 5.41) is 0.779. The lowest BCUT2D eigenvalue weighted by molar-refractivity contribution is -0.174. The number of alkyl halides is 4. The molecule has 0 aromatic heterocycles. The lowest BCUT2D eigenvalue weighted by atomic mass is 10.2. The van der Waals surface area contributed by atoms with E-state index < -0.39 is 12.8 Å². The maximum absolute atomic E-state index is 11.8. The SMILES string of the molecule is CC1COC(CBr)CN1CCCOCC(F)(F)F. The molecule has 2 atom stereocenters. The minimum atomic E-state index is -4.23. The van der Waals surface area contributed by atoms with Crippen LogP contribution in [0.25, 0.3) is 0 Å². The summed E-state index contributed by atoms with van der Waals surface area (Å²) in [6, 6.07) is 0.308. The van der Waals surface area contributed by atoms with Crippen LogP contribution in [0, 0.1) is 0 Å². The van der Waals surface area contributed by atoms with Crippen molar-refractivity contribution in [2.75, 3.05) is 38.2 Å². The van der Waals surface area contributed by atoms with Gasteiger partial charge < -0.3 is 9.47 Å². The van der Waals surface area contributed by atoms with E-state index in [-0.39, 0.29) is 12.7 Å². The van der Waals surface area contributed by atoms with Gasteiger partial charge in [0, 0.05) is 31.1 Å². The molecule has 0 N–H and O–H groups in total. The van der Waals surface area contributed by atoms with Gasteiger partial charge in [0.25, 0.3) is 0 Å². The van der Waals surface area contributed by atoms with Gasteiger partial charge in [-0.1, -0.05) is 15.9 Å². The summed E-state index contributed by atoms with van der Waals surface area (Å²) >= 11 is 3.37. The van der Waals surface area contributed by atoms with Crippen molar-refractivity contribution in [1.82, 2.24) is 4.90 Å². The second-order valence-electron chi connectivity index (χ2n) is 4.47. The Morgan fingerprint density at radius 1 is 1.44 bits per heavy atom. The quantitative estimate of drug-likeness (QED) is 0.550. The van der Waals surface area contributed by atoms with Crippen molar-refractivity contribution in [3.8, 4) is 0 Å². The van der Waals surface area contributed by atoms with Crippen molar-refractivity contribution in [2.45, 2.75) is 31.7 Å². The molecule has 0 saturated carbocycles. The Morgan fingerprint density at radius 2 is 2.17 bits per heavy atom. The summed E-state index contributed by atoms with van der Waals surface area (Å²) < 4.78 is 45.7. The second-order valence-corrected chi connectivity index (χ2v) is 5.12. The summed E-state index contributed by atoms with van der Waals surface area (Å²) in [4.78, 5) is 2.23. The van der Waals surface area contributed by atoms with Crippen LogP contribution in [0.5, 0.6) is 0 Å². The van der Waals surface area contributed by atoms with E-state index in [1.54, 1.807) is 0 Å². The number of rotatable bonds is 6. The minimum absolute atomic E-state index is 0.141. The van der Waals surface area contributed by atoms with Gasteiger partial charge in [-0.25, -0.2) is 0 Å². The third-order valence-electron chi connectivity index (χ3n) is 2.81. The molecule has 0 aliphatic carbocycles. The maximum Gasteiger partial charge on any atom is 0.411 e. The first-order valence-electron chi connectivity index (χ1n) is 5.98. The number of halogens is 4. The van der Waals surface area contributed by atoms with Crippen LogP contribution in [0.3, 0.4) is 0 Å². The van der Waals surface area contributed by atoms with E-state index in [0.717, 1.165) is 18.4 Å². The van der Waals surface area contributed by atoms with Crippen LogP contribution in [-0.4, -0.2) is 61.5 Å². The highest BCUT2D eigenvalue weighted by Gasteiger charge is 2.28. The molecule has 0 aromatic rings. The number of morpholine rings is 1. The van der Waals surface area contributed by atoms with Crippen molar-refractivity contribution in [3.63, 3.8) is 0 Å². The van der Waals surface area contributed by atoms with Gasteiger partial charge in [0.2, 0.25) is 0 Å². The Kier molecular flexibility index (Phi) is 6.90. The van der Waals surface area contributed by atoms with Crippen LogP contribution < -0.4 is 0 Å². The molecular formula is C11H19BrF3NO2. The lowest BCUT2D eigenvalue weighted by Crippen LogP contribution is -2.49. The molecule has 1 saturated heterocycles. The van der Waals surface area contributed by atoms with E-state index >= 15 is 0 Å². The molecule has 108 valence electrons. The molecule has 1 aliphatic heterocycles. The Labute approximate surface area is 114 Å². The van der Waals surface area contributed by atoms with Crippen LogP contribution in [-0.2, 0) is 9.47 Å². The number of nitrogens with zero attached hydrogens (tertiary/aromatic N) is 1. The van der Waals surface area contributed by atoms with E-state index in [2.05, 4.69) is 32.5 Å². The topological polar surface area (TPSA) is 21.7 Å². The predicted octanol–water partition coefficient (Wildman–Crippen LogP) is 2.44. The first kappa shape index (κ1) is 16.2. The third-order valence-corrected chi connectivity index (χ3v) is 3.53. The van der Waals surface area contributed by atoms with Crippen LogP contribution >= 0.6 is 15.9 Å². The average molecular weight is 334 g/mol. The lowest BCUT2D eigenvalue weighted by Gasteiger charge is -2.37. The molecule has 0 amide bonds. The van der Waals surface area contributed by atoms with E-state index in [4.69, 9.17) is 4.74 Å². The first-order chi connectivity index (χ1) is 8.42. The highest BCUT2D eigenvalue weighted by molar-refractivity contribution is 9.09. The van der Waals surface area contributed by atoms with Gasteiger partial charge in [-0.15, -0.1) is 0 Å². The molecule has 0 spiro atoms. The van der Waals surface area contributed by atoms with Crippen molar-refractivity contribution in [3.05, 3.63) is 0 Å². The van der Waals surface area contributed by atoms with E-state index in [1.807, 2.05) is 0 Å². The van der Waals surface area contributed by atoms with Crippen LogP contribution in [0.15, 0.2) is 0 Å². The highest BCUT2D eigenvalue weighted by atomic mass is 79.9. The van der Waals surface area contributed by atoms with Crippen LogP contribution in [0.4, 0.5) is 13.2 Å². The summed E-state index contributed by atoms with van der Waals surface area (Å²) in [6.45, 7) is 3.26. The fraction of sp³-hybridized carbons (Fsp3) is 1.00. The van der Waals surface area contributed by atoms with E-state index in [9.17, 15) is 13.2 Å². The molecule has 1 fully saturated rings. The maximum atomic E-state index is 11.8. The Hall–Kier alpha value is 0.150. The molecule has 0 radical (unpaired) electrons. The number of hydrogen-bond donors (Lipinski definition) is 0. The predicted molar refractivity (Wildman–Crippen MR) is 66.1 cm³/mol. The zero-order valence-corrected chi connectivity index (χ0v) is 12.0. The minimum Gasteiger partial charge on any atom is -0.374 e. The molecular weight excluding hydrogens is 315 g/mol. The van der Waals surface area contributed by atoms with Crippen molar-refractivity contribution >= 4 is 15.9 Å². The van der Waals surface area contributed by atoms with E-state index in [1.165, 1.54) is 0 Å². The van der Waals surface area contributed by atoms with E-state index in [0.29, 0.717) is 19.1 Å². The molecule has 3 nitrogen and oxygen atoms in total. The largest absolute Gasteiger partial charge is 0.411 e. The fourth-order valence-electron chi connectivity index (χ4n) is 1.84. The smallest absolute Gasteiger partial charge is 0.374 e. The Bertz CT molecular complexity index is 241. The van der Waals surface area contributed by atoms with Gasteiger partial charge in [-0.3, -0.25) is 4.90 Å². The molecule has 2 unspecified atom stereocenters. The van der Waals surface area contributed by atoms with Gasteiger partial charge >= 0.3 is 6.18 Å². The number of hydrogen-bond acceptors (Lipinski definition) is 3. The molecule has 1 rings (SSSR count). The molecule has 1 heterocycles. The molecule has 0 bridgehead atoms. The normalized spacial score (nSPS) is 26.5. The molecule has 1 aliphatic rings. The summed E-state index contributed by atoms with van der Waals surface area (Å²) in [5.41, 5.74) is 0. The summed E-state index contributed by atoms with van der Waals surface area (Å²) in [6.07, 6.45) is -3.46. The van der Waals surface area contributed by atoms with Crippen molar-refractivity contribution in [1.29, 1.82) is 0 Å². The fourth-order valence-corrected chi connectivity index (χ4v) is 2.23. The second kappa shape index (κ2) is 7.67. The summed E-state index contributed by atoms with van der Waals surface area (Å²) in [5.74, 6) is 0. The van der Waals surface area contributed by atoms with Crippen LogP contribution in [0.1, 0.15) is 13.3 Å². The average Bonchev–Trinajstić information content (AvgIpc) is 2.29. The third kappa shape index (κ3) is 6.36.